The van der Waals surface area contributed by atoms with Crippen molar-refractivity contribution in [3.05, 3.63) is 46.8 Å². The van der Waals surface area contributed by atoms with E-state index in [1.807, 2.05) is 41.3 Å². The van der Waals surface area contributed by atoms with Gasteiger partial charge in [-0.1, -0.05) is 12.1 Å². The summed E-state index contributed by atoms with van der Waals surface area (Å²) < 4.78 is 0. The first-order valence-corrected chi connectivity index (χ1v) is 12.5. The standard InChI is InChI=1S/C25H31N3O2S/c29-24(28-17-5-6-21(28)18-26-13-1-2-14-26)20-9-7-19(8-10-20)22-11-12-23(31-22)25(30)27-15-3-4-16-27/h7-12,21H,1-6,13-18H2. The third kappa shape index (κ3) is 4.41. The number of rotatable bonds is 5. The topological polar surface area (TPSA) is 43.9 Å². The molecule has 5 rings (SSSR count). The van der Waals surface area contributed by atoms with Gasteiger partial charge >= 0.3 is 0 Å². The van der Waals surface area contributed by atoms with Gasteiger partial charge in [0, 0.05) is 42.7 Å². The first kappa shape index (κ1) is 20.7. The van der Waals surface area contributed by atoms with Crippen LogP contribution >= 0.6 is 11.3 Å². The number of thiophene rings is 1. The molecular formula is C25H31N3O2S. The van der Waals surface area contributed by atoms with Gasteiger partial charge in [0.05, 0.1) is 4.88 Å². The zero-order valence-electron chi connectivity index (χ0n) is 18.1. The number of carbonyl (C=O) groups excluding carboxylic acids is 2. The summed E-state index contributed by atoms with van der Waals surface area (Å²) in [7, 11) is 0. The van der Waals surface area contributed by atoms with E-state index in [2.05, 4.69) is 9.80 Å². The highest BCUT2D eigenvalue weighted by Gasteiger charge is 2.31. The summed E-state index contributed by atoms with van der Waals surface area (Å²) >= 11 is 1.55. The normalized spacial score (nSPS) is 21.9. The van der Waals surface area contributed by atoms with Crippen LogP contribution in [0.4, 0.5) is 0 Å². The molecule has 2 amide bonds. The molecule has 3 aliphatic heterocycles. The molecule has 0 bridgehead atoms. The molecule has 3 fully saturated rings. The van der Waals surface area contributed by atoms with Crippen LogP contribution < -0.4 is 0 Å². The SMILES string of the molecule is O=C(c1ccc(-c2ccc(C(=O)N3CCCC3CN3CCCC3)cc2)s1)N1CCCC1. The molecule has 0 aliphatic carbocycles. The van der Waals surface area contributed by atoms with Gasteiger partial charge < -0.3 is 14.7 Å². The minimum absolute atomic E-state index is 0.152. The van der Waals surface area contributed by atoms with Gasteiger partial charge in [0.15, 0.2) is 0 Å². The Hall–Kier alpha value is -2.18. The van der Waals surface area contributed by atoms with Gasteiger partial charge in [-0.3, -0.25) is 9.59 Å². The highest BCUT2D eigenvalue weighted by molar-refractivity contribution is 7.17. The Morgan fingerprint density at radius 2 is 1.52 bits per heavy atom. The average Bonchev–Trinajstić information content (AvgIpc) is 3.61. The van der Waals surface area contributed by atoms with Gasteiger partial charge in [0.25, 0.3) is 11.8 Å². The minimum Gasteiger partial charge on any atom is -0.338 e. The second-order valence-electron chi connectivity index (χ2n) is 9.04. The molecule has 0 radical (unpaired) electrons. The molecule has 164 valence electrons. The lowest BCUT2D eigenvalue weighted by Gasteiger charge is -2.28. The average molecular weight is 438 g/mol. The van der Waals surface area contributed by atoms with Crippen LogP contribution in [0.3, 0.4) is 0 Å². The van der Waals surface area contributed by atoms with Crippen molar-refractivity contribution in [3.8, 4) is 10.4 Å². The fourth-order valence-corrected chi connectivity index (χ4v) is 6.16. The zero-order chi connectivity index (χ0) is 21.2. The van der Waals surface area contributed by atoms with E-state index < -0.39 is 0 Å². The first-order chi connectivity index (χ1) is 15.2. The lowest BCUT2D eigenvalue weighted by Crippen LogP contribution is -2.42. The van der Waals surface area contributed by atoms with Crippen LogP contribution in [0.1, 0.15) is 58.6 Å². The van der Waals surface area contributed by atoms with Crippen molar-refractivity contribution in [1.82, 2.24) is 14.7 Å². The Bertz CT molecular complexity index is 926. The van der Waals surface area contributed by atoms with E-state index in [0.717, 1.165) is 72.7 Å². The van der Waals surface area contributed by atoms with Gasteiger partial charge in [-0.2, -0.15) is 0 Å². The maximum atomic E-state index is 13.2. The predicted molar refractivity (Wildman–Crippen MR) is 125 cm³/mol. The van der Waals surface area contributed by atoms with Crippen LogP contribution in [0.2, 0.25) is 0 Å². The molecule has 1 unspecified atom stereocenters. The van der Waals surface area contributed by atoms with Gasteiger partial charge in [-0.05, 0) is 81.4 Å². The van der Waals surface area contributed by atoms with Crippen molar-refractivity contribution in [1.29, 1.82) is 0 Å². The van der Waals surface area contributed by atoms with E-state index in [4.69, 9.17) is 0 Å². The largest absolute Gasteiger partial charge is 0.338 e. The lowest BCUT2D eigenvalue weighted by atomic mass is 10.1. The van der Waals surface area contributed by atoms with Crippen molar-refractivity contribution < 1.29 is 9.59 Å². The quantitative estimate of drug-likeness (QED) is 0.698. The Morgan fingerprint density at radius 3 is 2.26 bits per heavy atom. The second kappa shape index (κ2) is 9.13. The minimum atomic E-state index is 0.152. The van der Waals surface area contributed by atoms with E-state index >= 15 is 0 Å². The van der Waals surface area contributed by atoms with Crippen LogP contribution in [-0.2, 0) is 0 Å². The highest BCUT2D eigenvalue weighted by atomic mass is 32.1. The van der Waals surface area contributed by atoms with Crippen molar-refractivity contribution >= 4 is 23.2 Å². The number of hydrogen-bond acceptors (Lipinski definition) is 4. The lowest BCUT2D eigenvalue weighted by molar-refractivity contribution is 0.0708. The van der Waals surface area contributed by atoms with Crippen LogP contribution in [0.5, 0.6) is 0 Å². The molecule has 0 saturated carbocycles. The fraction of sp³-hybridized carbons (Fsp3) is 0.520. The number of amides is 2. The molecule has 0 spiro atoms. The molecule has 1 atom stereocenters. The van der Waals surface area contributed by atoms with Crippen LogP contribution in [0.25, 0.3) is 10.4 Å². The Balaban J connectivity index is 1.25. The summed E-state index contributed by atoms with van der Waals surface area (Å²) in [5.41, 5.74) is 1.83. The van der Waals surface area contributed by atoms with Crippen molar-refractivity contribution in [2.75, 3.05) is 39.3 Å². The first-order valence-electron chi connectivity index (χ1n) is 11.7. The molecule has 6 heteroatoms. The third-order valence-corrected chi connectivity index (χ3v) is 8.05. The van der Waals surface area contributed by atoms with Crippen LogP contribution in [0.15, 0.2) is 36.4 Å². The van der Waals surface area contributed by atoms with E-state index in [0.29, 0.717) is 6.04 Å². The van der Waals surface area contributed by atoms with E-state index in [-0.39, 0.29) is 11.8 Å². The van der Waals surface area contributed by atoms with E-state index in [9.17, 15) is 9.59 Å². The van der Waals surface area contributed by atoms with E-state index in [1.54, 1.807) is 11.3 Å². The molecule has 3 saturated heterocycles. The Labute approximate surface area is 188 Å². The Morgan fingerprint density at radius 1 is 0.806 bits per heavy atom. The summed E-state index contributed by atoms with van der Waals surface area (Å²) in [5, 5.41) is 0. The number of likely N-dealkylation sites (tertiary alicyclic amines) is 3. The zero-order valence-corrected chi connectivity index (χ0v) is 18.9. The smallest absolute Gasteiger partial charge is 0.263 e. The number of benzene rings is 1. The molecule has 5 nitrogen and oxygen atoms in total. The molecule has 3 aliphatic rings. The van der Waals surface area contributed by atoms with Crippen molar-refractivity contribution in [3.63, 3.8) is 0 Å². The number of carbonyl (C=O) groups is 2. The van der Waals surface area contributed by atoms with Crippen LogP contribution in [-0.4, -0.2) is 71.8 Å². The third-order valence-electron chi connectivity index (χ3n) is 6.93. The van der Waals surface area contributed by atoms with Gasteiger partial charge in [-0.25, -0.2) is 0 Å². The maximum Gasteiger partial charge on any atom is 0.263 e. The highest BCUT2D eigenvalue weighted by Crippen LogP contribution is 2.30. The summed E-state index contributed by atoms with van der Waals surface area (Å²) in [4.78, 5) is 34.2. The molecule has 4 heterocycles. The van der Waals surface area contributed by atoms with Crippen molar-refractivity contribution in [2.24, 2.45) is 0 Å². The Kier molecular flexibility index (Phi) is 6.10. The molecule has 31 heavy (non-hydrogen) atoms. The number of nitrogens with zero attached hydrogens (tertiary/aromatic N) is 3. The molecule has 1 aromatic heterocycles. The molecule has 2 aromatic rings. The second-order valence-corrected chi connectivity index (χ2v) is 10.1. The summed E-state index contributed by atoms with van der Waals surface area (Å²) in [6.07, 6.45) is 7.01. The molecular weight excluding hydrogens is 406 g/mol. The molecule has 1 aromatic carbocycles. The maximum absolute atomic E-state index is 13.2. The van der Waals surface area contributed by atoms with Gasteiger partial charge in [-0.15, -0.1) is 11.3 Å². The number of hydrogen-bond donors (Lipinski definition) is 0. The molecule has 0 N–H and O–H groups in total. The van der Waals surface area contributed by atoms with E-state index in [1.165, 1.54) is 25.9 Å². The summed E-state index contributed by atoms with van der Waals surface area (Å²) in [6, 6.07) is 12.3. The van der Waals surface area contributed by atoms with Gasteiger partial charge in [0.1, 0.15) is 0 Å². The summed E-state index contributed by atoms with van der Waals surface area (Å²) in [5.74, 6) is 0.308. The summed E-state index contributed by atoms with van der Waals surface area (Å²) in [6.45, 7) is 5.99. The predicted octanol–water partition coefficient (Wildman–Crippen LogP) is 4.35. The fourth-order valence-electron chi connectivity index (χ4n) is 5.18. The van der Waals surface area contributed by atoms with Crippen molar-refractivity contribution in [2.45, 2.75) is 44.6 Å². The van der Waals surface area contributed by atoms with Crippen LogP contribution in [0, 0.1) is 0 Å². The monoisotopic (exact) mass is 437 g/mol. The van der Waals surface area contributed by atoms with Gasteiger partial charge in [0.2, 0.25) is 0 Å².